The molecule has 0 radical (unpaired) electrons. The fourth-order valence-electron chi connectivity index (χ4n) is 11.9. The van der Waals surface area contributed by atoms with Crippen LogP contribution < -0.4 is 9.47 Å². The number of hydrogen-bond donors (Lipinski definition) is 0. The Morgan fingerprint density at radius 1 is 0.483 bits per heavy atom. The standard InChI is InChI=1S/C54H88N2O2/c1-45-41-47-43-46(2)53(50(42-45)44-47)54(48-25-29-51(30-26-48)57-39-23-15-7-5-9-17-33-55(3)35-19-11-12-20-36-55)49-27-31-52(32-28-49)58-40-24-16-8-6-10-18-34-56(4)37-21-13-14-22-38-56/h25-32,45-47,50H,5-24,33-44H2,1-4H3/q+2. The van der Waals surface area contributed by atoms with Gasteiger partial charge in [-0.25, -0.2) is 0 Å². The molecule has 2 aromatic carbocycles. The van der Waals surface area contributed by atoms with Gasteiger partial charge >= 0.3 is 0 Å². The van der Waals surface area contributed by atoms with Gasteiger partial charge in [0.15, 0.2) is 0 Å². The molecule has 324 valence electrons. The minimum atomic E-state index is 0.621. The molecule has 0 spiro atoms. The number of likely N-dealkylation sites (tertiary alicyclic amines) is 2. The summed E-state index contributed by atoms with van der Waals surface area (Å²) in [6.45, 7) is 15.0. The van der Waals surface area contributed by atoms with Crippen molar-refractivity contribution in [3.63, 3.8) is 0 Å². The van der Waals surface area contributed by atoms with Crippen molar-refractivity contribution in [3.8, 4) is 11.5 Å². The van der Waals surface area contributed by atoms with Crippen LogP contribution in [0.25, 0.3) is 5.57 Å². The second kappa shape index (κ2) is 23.6. The van der Waals surface area contributed by atoms with E-state index < -0.39 is 0 Å². The highest BCUT2D eigenvalue weighted by molar-refractivity contribution is 5.83. The van der Waals surface area contributed by atoms with Crippen molar-refractivity contribution in [3.05, 3.63) is 65.2 Å². The van der Waals surface area contributed by atoms with Crippen LogP contribution in [0.4, 0.5) is 0 Å². The van der Waals surface area contributed by atoms with Crippen LogP contribution in [0.5, 0.6) is 11.5 Å². The Bertz CT molecular complexity index is 1370. The monoisotopic (exact) mass is 797 g/mol. The lowest BCUT2D eigenvalue weighted by Crippen LogP contribution is -2.45. The lowest BCUT2D eigenvalue weighted by Gasteiger charge is -2.44. The van der Waals surface area contributed by atoms with Crippen LogP contribution in [0.15, 0.2) is 54.1 Å². The van der Waals surface area contributed by atoms with E-state index in [4.69, 9.17) is 9.47 Å². The molecule has 58 heavy (non-hydrogen) atoms. The molecule has 4 nitrogen and oxygen atoms in total. The van der Waals surface area contributed by atoms with Crippen molar-refractivity contribution in [2.24, 2.45) is 23.7 Å². The summed E-state index contributed by atoms with van der Waals surface area (Å²) < 4.78 is 15.3. The van der Waals surface area contributed by atoms with Gasteiger partial charge in [0.1, 0.15) is 11.5 Å². The van der Waals surface area contributed by atoms with Gasteiger partial charge in [0.05, 0.1) is 66.6 Å². The van der Waals surface area contributed by atoms with Crippen LogP contribution in [0.2, 0.25) is 0 Å². The molecule has 0 aromatic heterocycles. The number of rotatable bonds is 22. The number of benzene rings is 2. The Morgan fingerprint density at radius 3 is 1.34 bits per heavy atom. The summed E-state index contributed by atoms with van der Waals surface area (Å²) in [4.78, 5) is 0. The number of fused-ring (bicyclic) bond motifs is 2. The van der Waals surface area contributed by atoms with E-state index >= 15 is 0 Å². The van der Waals surface area contributed by atoms with Gasteiger partial charge in [0, 0.05) is 0 Å². The van der Waals surface area contributed by atoms with Crippen LogP contribution in [0.1, 0.15) is 179 Å². The topological polar surface area (TPSA) is 18.5 Å². The van der Waals surface area contributed by atoms with Gasteiger partial charge in [-0.05, 0) is 180 Å². The maximum Gasteiger partial charge on any atom is 0.119 e. The van der Waals surface area contributed by atoms with Crippen molar-refractivity contribution in [1.29, 1.82) is 0 Å². The van der Waals surface area contributed by atoms with Crippen molar-refractivity contribution < 1.29 is 18.4 Å². The van der Waals surface area contributed by atoms with Gasteiger partial charge in [0.2, 0.25) is 0 Å². The predicted octanol–water partition coefficient (Wildman–Crippen LogP) is 14.1. The Kier molecular flexibility index (Phi) is 18.4. The van der Waals surface area contributed by atoms with Crippen molar-refractivity contribution in [1.82, 2.24) is 0 Å². The molecule has 4 aliphatic rings. The third-order valence-corrected chi connectivity index (χ3v) is 15.3. The van der Waals surface area contributed by atoms with Gasteiger partial charge in [-0.1, -0.05) is 82.2 Å². The van der Waals surface area contributed by atoms with Crippen molar-refractivity contribution in [2.45, 2.75) is 168 Å². The zero-order valence-electron chi connectivity index (χ0n) is 38.3. The Labute approximate surface area is 357 Å². The second-order valence-electron chi connectivity index (χ2n) is 20.7. The smallest absolute Gasteiger partial charge is 0.119 e. The Balaban J connectivity index is 0.950. The van der Waals surface area contributed by atoms with Gasteiger partial charge in [-0.15, -0.1) is 0 Å². The highest BCUT2D eigenvalue weighted by atomic mass is 16.5. The van der Waals surface area contributed by atoms with Crippen LogP contribution >= 0.6 is 0 Å². The minimum Gasteiger partial charge on any atom is -0.494 e. The average molecular weight is 797 g/mol. The maximum absolute atomic E-state index is 6.31. The summed E-state index contributed by atoms with van der Waals surface area (Å²) in [6, 6.07) is 18.3. The molecule has 2 heterocycles. The summed E-state index contributed by atoms with van der Waals surface area (Å²) >= 11 is 0. The Hall–Kier alpha value is -2.30. The average Bonchev–Trinajstić information content (AvgIpc) is 3.58. The number of ether oxygens (including phenoxy) is 2. The molecular formula is C54H88N2O2+2. The van der Waals surface area contributed by atoms with E-state index in [1.165, 1.54) is 206 Å². The molecule has 4 atom stereocenters. The third-order valence-electron chi connectivity index (χ3n) is 15.3. The van der Waals surface area contributed by atoms with Crippen LogP contribution in [0, 0.1) is 23.7 Å². The number of allylic oxidation sites excluding steroid dienone is 1. The highest BCUT2D eigenvalue weighted by Gasteiger charge is 2.38. The lowest BCUT2D eigenvalue weighted by molar-refractivity contribution is -0.909. The van der Waals surface area contributed by atoms with Gasteiger partial charge in [-0.3, -0.25) is 0 Å². The molecule has 0 N–H and O–H groups in total. The first kappa shape index (κ1) is 45.2. The normalized spacial score (nSPS) is 24.4. The van der Waals surface area contributed by atoms with Crippen LogP contribution in [0.3, 0.4) is 0 Å². The second-order valence-corrected chi connectivity index (χ2v) is 20.7. The van der Waals surface area contributed by atoms with Crippen LogP contribution in [-0.4, -0.2) is 75.5 Å². The fraction of sp³-hybridized carbons (Fsp3) is 0.741. The third kappa shape index (κ3) is 14.4. The molecular weight excluding hydrogens is 709 g/mol. The number of nitrogens with zero attached hydrogens (tertiary/aromatic N) is 2. The molecule has 4 heteroatoms. The molecule has 2 aliphatic heterocycles. The maximum atomic E-state index is 6.31. The van der Waals surface area contributed by atoms with E-state index in [-0.39, 0.29) is 0 Å². The zero-order chi connectivity index (χ0) is 40.5. The van der Waals surface area contributed by atoms with E-state index in [1.54, 1.807) is 5.57 Å². The fourth-order valence-corrected chi connectivity index (χ4v) is 11.9. The van der Waals surface area contributed by atoms with Gasteiger partial charge < -0.3 is 18.4 Å². The summed E-state index contributed by atoms with van der Waals surface area (Å²) in [5.74, 6) is 5.05. The van der Waals surface area contributed by atoms with Crippen LogP contribution in [-0.2, 0) is 0 Å². The predicted molar refractivity (Wildman–Crippen MR) is 248 cm³/mol. The zero-order valence-corrected chi connectivity index (χ0v) is 38.3. The molecule has 0 amide bonds. The lowest BCUT2D eigenvalue weighted by atomic mass is 9.61. The van der Waals surface area contributed by atoms with E-state index in [9.17, 15) is 0 Å². The molecule has 2 saturated carbocycles. The van der Waals surface area contributed by atoms with Gasteiger partial charge in [-0.2, -0.15) is 0 Å². The number of unbranched alkanes of at least 4 members (excludes halogenated alkanes) is 10. The SMILES string of the molecule is CC1CC2CC(C)C(=C(c3ccc(OCCCCCCCC[N+]4(C)CCCCCC4)cc3)c3ccc(OCCCCCCCC[N+]4(C)CCCCCC4)cc3)C(C1)C2. The number of quaternary nitrogens is 2. The summed E-state index contributed by atoms with van der Waals surface area (Å²) in [5.41, 5.74) is 5.87. The minimum absolute atomic E-state index is 0.621. The first-order valence-corrected chi connectivity index (χ1v) is 25.2. The van der Waals surface area contributed by atoms with E-state index in [0.717, 1.165) is 49.4 Å². The first-order chi connectivity index (χ1) is 28.3. The first-order valence-electron chi connectivity index (χ1n) is 25.2. The molecule has 2 saturated heterocycles. The molecule has 2 bridgehead atoms. The van der Waals surface area contributed by atoms with Crippen molar-refractivity contribution in [2.75, 3.05) is 66.6 Å². The van der Waals surface area contributed by atoms with Gasteiger partial charge in [0.25, 0.3) is 0 Å². The quantitative estimate of drug-likeness (QED) is 0.0873. The summed E-state index contributed by atoms with van der Waals surface area (Å²) in [5, 5.41) is 0. The number of hydrogen-bond acceptors (Lipinski definition) is 2. The highest BCUT2D eigenvalue weighted by Crippen LogP contribution is 2.51. The molecule has 2 aromatic rings. The summed E-state index contributed by atoms with van der Waals surface area (Å²) in [7, 11) is 5.01. The molecule has 4 fully saturated rings. The Morgan fingerprint density at radius 2 is 0.897 bits per heavy atom. The van der Waals surface area contributed by atoms with Crippen molar-refractivity contribution >= 4 is 5.57 Å². The van der Waals surface area contributed by atoms with E-state index in [1.807, 2.05) is 0 Å². The summed E-state index contributed by atoms with van der Waals surface area (Å²) in [6.07, 6.45) is 32.8. The molecule has 6 rings (SSSR count). The largest absolute Gasteiger partial charge is 0.494 e. The molecule has 2 aliphatic carbocycles. The van der Waals surface area contributed by atoms with E-state index in [2.05, 4.69) is 76.5 Å². The molecule has 4 unspecified atom stereocenters. The van der Waals surface area contributed by atoms with E-state index in [0.29, 0.717) is 11.8 Å².